The van der Waals surface area contributed by atoms with Crippen LogP contribution in [0, 0.1) is 17.8 Å². The van der Waals surface area contributed by atoms with Crippen molar-refractivity contribution in [3.63, 3.8) is 0 Å². The molecule has 1 saturated heterocycles. The number of aliphatic hydroxyl groups is 2. The lowest BCUT2D eigenvalue weighted by Gasteiger charge is -2.32. The first-order chi connectivity index (χ1) is 22.7. The van der Waals surface area contributed by atoms with E-state index in [-0.39, 0.29) is 55.3 Å². The Morgan fingerprint density at radius 3 is 2.44 bits per heavy atom. The summed E-state index contributed by atoms with van der Waals surface area (Å²) in [4.78, 5) is 37.8. The zero-order valence-electron chi connectivity index (χ0n) is 29.5. The predicted octanol–water partition coefficient (Wildman–Crippen LogP) is 5.51. The minimum absolute atomic E-state index is 0.0168. The second kappa shape index (κ2) is 17.9. The third-order valence-corrected chi connectivity index (χ3v) is 9.31. The SMILES string of the molecule is CCC(OC)C(C)C1OC1C(OC(=O)c1ccccc1)C(C)/C=C/C=C(\C)C1OC(=O)CC(O)CCC(C)(O)C(OC(C)=O)/C=C/C1C. The first-order valence-electron chi connectivity index (χ1n) is 16.9. The van der Waals surface area contributed by atoms with Gasteiger partial charge in [0.25, 0.3) is 0 Å². The van der Waals surface area contributed by atoms with Crippen LogP contribution in [0.5, 0.6) is 0 Å². The summed E-state index contributed by atoms with van der Waals surface area (Å²) in [5, 5.41) is 21.6. The van der Waals surface area contributed by atoms with E-state index in [0.29, 0.717) is 5.56 Å². The van der Waals surface area contributed by atoms with E-state index in [1.165, 1.54) is 6.92 Å². The lowest BCUT2D eigenvalue weighted by atomic mass is 9.88. The number of methoxy groups -OCH3 is 1. The third-order valence-electron chi connectivity index (χ3n) is 9.31. The van der Waals surface area contributed by atoms with Gasteiger partial charge in [0.1, 0.15) is 30.0 Å². The highest BCUT2D eigenvalue weighted by Gasteiger charge is 2.52. The van der Waals surface area contributed by atoms with E-state index in [0.717, 1.165) is 12.0 Å². The fourth-order valence-corrected chi connectivity index (χ4v) is 6.24. The number of ether oxygens (including phenoxy) is 5. The van der Waals surface area contributed by atoms with Crippen LogP contribution in [0.4, 0.5) is 0 Å². The van der Waals surface area contributed by atoms with Crippen LogP contribution < -0.4 is 0 Å². The summed E-state index contributed by atoms with van der Waals surface area (Å²) in [6, 6.07) is 8.84. The topological polar surface area (TPSA) is 141 Å². The summed E-state index contributed by atoms with van der Waals surface area (Å²) in [6.07, 6.45) is 6.16. The Morgan fingerprint density at radius 2 is 1.81 bits per heavy atom. The lowest BCUT2D eigenvalue weighted by molar-refractivity contribution is -0.157. The van der Waals surface area contributed by atoms with Crippen molar-refractivity contribution in [1.82, 2.24) is 0 Å². The van der Waals surface area contributed by atoms with Gasteiger partial charge in [0.15, 0.2) is 0 Å². The predicted molar refractivity (Wildman–Crippen MR) is 181 cm³/mol. The van der Waals surface area contributed by atoms with Gasteiger partial charge in [-0.15, -0.1) is 0 Å². The van der Waals surface area contributed by atoms with Crippen molar-refractivity contribution in [1.29, 1.82) is 0 Å². The van der Waals surface area contributed by atoms with Crippen molar-refractivity contribution in [3.8, 4) is 0 Å². The third kappa shape index (κ3) is 11.1. The largest absolute Gasteiger partial charge is 0.457 e. The highest BCUT2D eigenvalue weighted by molar-refractivity contribution is 5.89. The van der Waals surface area contributed by atoms with Crippen LogP contribution in [0.2, 0.25) is 0 Å². The van der Waals surface area contributed by atoms with E-state index >= 15 is 0 Å². The van der Waals surface area contributed by atoms with Crippen LogP contribution >= 0.6 is 0 Å². The molecule has 0 saturated carbocycles. The molecule has 48 heavy (non-hydrogen) atoms. The molecule has 0 amide bonds. The molecule has 2 N–H and O–H groups in total. The van der Waals surface area contributed by atoms with Gasteiger partial charge in [0.2, 0.25) is 0 Å². The molecule has 2 aliphatic heterocycles. The van der Waals surface area contributed by atoms with E-state index in [4.69, 9.17) is 23.7 Å². The molecule has 0 aromatic heterocycles. The van der Waals surface area contributed by atoms with Gasteiger partial charge < -0.3 is 33.9 Å². The molecule has 1 aromatic carbocycles. The van der Waals surface area contributed by atoms with E-state index in [1.54, 1.807) is 50.5 Å². The van der Waals surface area contributed by atoms with Gasteiger partial charge in [0, 0.05) is 31.8 Å². The fourth-order valence-electron chi connectivity index (χ4n) is 6.24. The van der Waals surface area contributed by atoms with Gasteiger partial charge in [-0.1, -0.05) is 70.2 Å². The highest BCUT2D eigenvalue weighted by Crippen LogP contribution is 2.39. The van der Waals surface area contributed by atoms with Gasteiger partial charge in [0.05, 0.1) is 30.3 Å². The summed E-state index contributed by atoms with van der Waals surface area (Å²) in [5.74, 6) is -2.02. The van der Waals surface area contributed by atoms with E-state index < -0.39 is 47.9 Å². The van der Waals surface area contributed by atoms with Crippen LogP contribution in [-0.4, -0.2) is 83.6 Å². The van der Waals surface area contributed by atoms with Crippen molar-refractivity contribution in [3.05, 3.63) is 71.8 Å². The second-order valence-corrected chi connectivity index (χ2v) is 13.4. The molecule has 2 aliphatic rings. The zero-order valence-corrected chi connectivity index (χ0v) is 29.5. The smallest absolute Gasteiger partial charge is 0.338 e. The Hall–Kier alpha value is -3.31. The van der Waals surface area contributed by atoms with Crippen LogP contribution in [0.15, 0.2) is 66.3 Å². The molecule has 0 bridgehead atoms. The first-order valence-corrected chi connectivity index (χ1v) is 16.9. The molecule has 3 rings (SSSR count). The molecular formula is C38H54O10. The molecule has 11 atom stereocenters. The van der Waals surface area contributed by atoms with Crippen LogP contribution in [-0.2, 0) is 33.3 Å². The van der Waals surface area contributed by atoms with Crippen LogP contribution in [0.1, 0.15) is 84.5 Å². The van der Waals surface area contributed by atoms with Gasteiger partial charge in [-0.05, 0) is 56.9 Å². The summed E-state index contributed by atoms with van der Waals surface area (Å²) >= 11 is 0. The number of carbonyl (C=O) groups excluding carboxylic acids is 3. The normalized spacial score (nSPS) is 31.7. The van der Waals surface area contributed by atoms with Gasteiger partial charge in [-0.3, -0.25) is 9.59 Å². The molecule has 10 heteroatoms. The second-order valence-electron chi connectivity index (χ2n) is 13.4. The number of esters is 3. The van der Waals surface area contributed by atoms with Gasteiger partial charge in [-0.2, -0.15) is 0 Å². The van der Waals surface area contributed by atoms with E-state index in [2.05, 4.69) is 13.8 Å². The lowest BCUT2D eigenvalue weighted by Crippen LogP contribution is -2.42. The molecule has 0 spiro atoms. The fraction of sp³-hybridized carbons (Fsp3) is 0.605. The number of hydrogen-bond acceptors (Lipinski definition) is 10. The van der Waals surface area contributed by atoms with Gasteiger partial charge in [-0.25, -0.2) is 4.79 Å². The number of epoxide rings is 1. The quantitative estimate of drug-likeness (QED) is 0.0962. The Balaban J connectivity index is 1.84. The summed E-state index contributed by atoms with van der Waals surface area (Å²) in [6.45, 7) is 12.6. The zero-order chi connectivity index (χ0) is 35.6. The van der Waals surface area contributed by atoms with Crippen LogP contribution in [0.3, 0.4) is 0 Å². The Labute approximate surface area is 285 Å². The number of carbonyl (C=O) groups is 3. The summed E-state index contributed by atoms with van der Waals surface area (Å²) in [5.41, 5.74) is -0.268. The van der Waals surface area contributed by atoms with Gasteiger partial charge >= 0.3 is 17.9 Å². The highest BCUT2D eigenvalue weighted by atomic mass is 16.6. The number of aliphatic hydroxyl groups excluding tert-OH is 1. The maximum absolute atomic E-state index is 13.1. The average molecular weight is 671 g/mol. The van der Waals surface area contributed by atoms with Crippen molar-refractivity contribution in [2.45, 2.75) is 122 Å². The van der Waals surface area contributed by atoms with Crippen molar-refractivity contribution in [2.24, 2.45) is 17.8 Å². The summed E-state index contributed by atoms with van der Waals surface area (Å²) in [7, 11) is 1.69. The van der Waals surface area contributed by atoms with E-state index in [1.807, 2.05) is 45.1 Å². The Kier molecular flexibility index (Phi) is 14.6. The molecule has 266 valence electrons. The van der Waals surface area contributed by atoms with E-state index in [9.17, 15) is 24.6 Å². The Morgan fingerprint density at radius 1 is 1.12 bits per heavy atom. The maximum Gasteiger partial charge on any atom is 0.338 e. The number of cyclic esters (lactones) is 1. The molecule has 2 heterocycles. The monoisotopic (exact) mass is 670 g/mol. The number of benzene rings is 1. The number of rotatable bonds is 12. The molecular weight excluding hydrogens is 616 g/mol. The average Bonchev–Trinajstić information content (AvgIpc) is 3.84. The summed E-state index contributed by atoms with van der Waals surface area (Å²) < 4.78 is 29.1. The number of hydrogen-bond donors (Lipinski definition) is 2. The van der Waals surface area contributed by atoms with Crippen molar-refractivity contribution < 1.29 is 48.3 Å². The van der Waals surface area contributed by atoms with Crippen LogP contribution in [0.25, 0.3) is 0 Å². The minimum atomic E-state index is -1.45. The van der Waals surface area contributed by atoms with Crippen molar-refractivity contribution >= 4 is 17.9 Å². The molecule has 0 radical (unpaired) electrons. The molecule has 0 aliphatic carbocycles. The minimum Gasteiger partial charge on any atom is -0.457 e. The molecule has 1 fully saturated rings. The molecule has 1 aromatic rings. The standard InChI is InChI=1S/C38H54O10/c1-9-30(44-8)26(5)35-36(47-35)34(48-37(42)28-16-11-10-12-17-28)24(3)15-13-14-23(2)33-25(4)18-19-31(45-27(6)39)38(7,43)21-20-29(40)22-32(41)46-33/h10-19,24-26,29-31,33-36,40,43H,9,20-22H2,1-8H3/b15-13+,19-18+,23-14+. The van der Waals surface area contributed by atoms with Crippen molar-refractivity contribution in [2.75, 3.05) is 7.11 Å². The molecule has 11 unspecified atom stereocenters. The first kappa shape index (κ1) is 39.1. The number of allylic oxidation sites excluding steroid dienone is 2. The molecule has 10 nitrogen and oxygen atoms in total. The maximum atomic E-state index is 13.1. The Bertz CT molecular complexity index is 1300.